The van der Waals surface area contributed by atoms with E-state index in [1.165, 1.54) is 7.11 Å². The number of para-hydroxylation sites is 1. The van der Waals surface area contributed by atoms with Crippen LogP contribution in [-0.2, 0) is 9.53 Å². The van der Waals surface area contributed by atoms with E-state index >= 15 is 0 Å². The number of fused-ring (bicyclic) bond motifs is 1. The molecule has 0 aliphatic rings. The smallest absolute Gasteiger partial charge is 0.344 e. The normalized spacial score (nSPS) is 10.7. The summed E-state index contributed by atoms with van der Waals surface area (Å²) in [5.41, 5.74) is 1.51. The number of carbonyl (C=O) groups is 2. The molecule has 0 fully saturated rings. The van der Waals surface area contributed by atoms with Gasteiger partial charge in [0.2, 0.25) is 11.3 Å². The third kappa shape index (κ3) is 4.21. The molecular formula is C20H17ClN2O4S. The summed E-state index contributed by atoms with van der Waals surface area (Å²) in [6.07, 6.45) is 0. The standard InChI is InChI=1S/C20H17ClN2O4S/c1-11-7-8-12(21)9-15(11)22-16(24)10-28-19-17(20(26)27-2)18(25)13-5-3-4-6-14(13)23-19/h3-9H,10H2,1-2H3,(H,22,24)(H,23,25). The molecule has 6 nitrogen and oxygen atoms in total. The van der Waals surface area contributed by atoms with Gasteiger partial charge in [-0.3, -0.25) is 9.59 Å². The Balaban J connectivity index is 1.87. The summed E-state index contributed by atoms with van der Waals surface area (Å²) in [5.74, 6) is -1.05. The molecule has 0 radical (unpaired) electrons. The number of aromatic amines is 1. The first-order chi connectivity index (χ1) is 13.4. The minimum atomic E-state index is -0.749. The van der Waals surface area contributed by atoms with Crippen LogP contribution in [0.2, 0.25) is 5.02 Å². The van der Waals surface area contributed by atoms with E-state index in [0.29, 0.717) is 21.6 Å². The quantitative estimate of drug-likeness (QED) is 0.484. The molecule has 0 aliphatic carbocycles. The van der Waals surface area contributed by atoms with E-state index in [-0.39, 0.29) is 22.2 Å². The van der Waals surface area contributed by atoms with Gasteiger partial charge < -0.3 is 15.0 Å². The third-order valence-corrected chi connectivity index (χ3v) is 5.32. The summed E-state index contributed by atoms with van der Waals surface area (Å²) in [6, 6.07) is 12.1. The van der Waals surface area contributed by atoms with E-state index < -0.39 is 11.4 Å². The zero-order valence-corrected chi connectivity index (χ0v) is 16.7. The Hall–Kier alpha value is -2.77. The second-order valence-corrected chi connectivity index (χ2v) is 7.41. The number of pyridine rings is 1. The van der Waals surface area contributed by atoms with E-state index in [1.807, 2.05) is 6.92 Å². The number of halogens is 1. The number of nitrogens with one attached hydrogen (secondary N) is 2. The summed E-state index contributed by atoms with van der Waals surface area (Å²) in [7, 11) is 1.21. The average molecular weight is 417 g/mol. The van der Waals surface area contributed by atoms with Gasteiger partial charge in [-0.05, 0) is 36.8 Å². The van der Waals surface area contributed by atoms with Crippen molar-refractivity contribution in [1.82, 2.24) is 4.98 Å². The van der Waals surface area contributed by atoms with Gasteiger partial charge in [0.15, 0.2) is 0 Å². The molecule has 0 atom stereocenters. The van der Waals surface area contributed by atoms with Crippen LogP contribution in [0, 0.1) is 6.92 Å². The van der Waals surface area contributed by atoms with Gasteiger partial charge in [-0.1, -0.05) is 41.6 Å². The highest BCUT2D eigenvalue weighted by atomic mass is 35.5. The maximum Gasteiger partial charge on any atom is 0.344 e. The second-order valence-electron chi connectivity index (χ2n) is 5.99. The average Bonchev–Trinajstić information content (AvgIpc) is 2.69. The second kappa shape index (κ2) is 8.50. The van der Waals surface area contributed by atoms with E-state index in [2.05, 4.69) is 10.3 Å². The van der Waals surface area contributed by atoms with Crippen LogP contribution >= 0.6 is 23.4 Å². The summed E-state index contributed by atoms with van der Waals surface area (Å²) in [5, 5.41) is 3.96. The van der Waals surface area contributed by atoms with Crippen molar-refractivity contribution in [3.63, 3.8) is 0 Å². The van der Waals surface area contributed by atoms with Gasteiger partial charge in [0.05, 0.1) is 23.4 Å². The first kappa shape index (κ1) is 20.0. The summed E-state index contributed by atoms with van der Waals surface area (Å²) in [6.45, 7) is 1.86. The molecule has 0 aliphatic heterocycles. The molecule has 2 N–H and O–H groups in total. The number of thioether (sulfide) groups is 1. The fourth-order valence-corrected chi connectivity index (χ4v) is 3.68. The fourth-order valence-electron chi connectivity index (χ4n) is 2.66. The molecule has 1 amide bonds. The number of benzene rings is 2. The van der Waals surface area contributed by atoms with E-state index in [1.54, 1.807) is 42.5 Å². The number of hydrogen-bond donors (Lipinski definition) is 2. The van der Waals surface area contributed by atoms with Gasteiger partial charge >= 0.3 is 5.97 Å². The Labute approximate surface area is 170 Å². The summed E-state index contributed by atoms with van der Waals surface area (Å²) >= 11 is 7.03. The van der Waals surface area contributed by atoms with Gasteiger partial charge in [-0.25, -0.2) is 4.79 Å². The summed E-state index contributed by atoms with van der Waals surface area (Å²) < 4.78 is 4.75. The van der Waals surface area contributed by atoms with Crippen LogP contribution in [-0.4, -0.2) is 29.7 Å². The molecular weight excluding hydrogens is 400 g/mol. The molecule has 0 unspecified atom stereocenters. The van der Waals surface area contributed by atoms with Crippen LogP contribution in [0.15, 0.2) is 52.3 Å². The van der Waals surface area contributed by atoms with Crippen LogP contribution in [0.3, 0.4) is 0 Å². The molecule has 2 aromatic carbocycles. The number of anilines is 1. The van der Waals surface area contributed by atoms with Crippen molar-refractivity contribution in [3.05, 3.63) is 68.8 Å². The van der Waals surface area contributed by atoms with Crippen molar-refractivity contribution in [2.75, 3.05) is 18.2 Å². The lowest BCUT2D eigenvalue weighted by atomic mass is 10.1. The maximum absolute atomic E-state index is 12.7. The van der Waals surface area contributed by atoms with E-state index in [0.717, 1.165) is 17.3 Å². The Bertz CT molecular complexity index is 1130. The fraction of sp³-hybridized carbons (Fsp3) is 0.150. The van der Waals surface area contributed by atoms with Crippen LogP contribution in [0.4, 0.5) is 5.69 Å². The highest BCUT2D eigenvalue weighted by molar-refractivity contribution is 8.00. The van der Waals surface area contributed by atoms with Crippen molar-refractivity contribution in [1.29, 1.82) is 0 Å². The van der Waals surface area contributed by atoms with E-state index in [4.69, 9.17) is 16.3 Å². The Morgan fingerprint density at radius 2 is 1.96 bits per heavy atom. The number of hydrogen-bond acceptors (Lipinski definition) is 5. The van der Waals surface area contributed by atoms with Crippen molar-refractivity contribution in [2.24, 2.45) is 0 Å². The number of aryl methyl sites for hydroxylation is 1. The number of methoxy groups -OCH3 is 1. The lowest BCUT2D eigenvalue weighted by Gasteiger charge is -2.11. The topological polar surface area (TPSA) is 88.3 Å². The molecule has 3 aromatic rings. The first-order valence-corrected chi connectivity index (χ1v) is 9.69. The minimum Gasteiger partial charge on any atom is -0.465 e. The van der Waals surface area contributed by atoms with Crippen molar-refractivity contribution < 1.29 is 14.3 Å². The van der Waals surface area contributed by atoms with Gasteiger partial charge in [-0.15, -0.1) is 0 Å². The predicted molar refractivity (Wildman–Crippen MR) is 111 cm³/mol. The Morgan fingerprint density at radius 3 is 2.71 bits per heavy atom. The number of ether oxygens (including phenoxy) is 1. The molecule has 8 heteroatoms. The van der Waals surface area contributed by atoms with Gasteiger partial charge in [0.1, 0.15) is 5.56 Å². The largest absolute Gasteiger partial charge is 0.465 e. The number of rotatable bonds is 5. The van der Waals surface area contributed by atoms with Crippen molar-refractivity contribution >= 4 is 51.8 Å². The van der Waals surface area contributed by atoms with Gasteiger partial charge in [0, 0.05) is 16.1 Å². The monoisotopic (exact) mass is 416 g/mol. The molecule has 0 saturated heterocycles. The molecule has 0 spiro atoms. The SMILES string of the molecule is COC(=O)c1c(SCC(=O)Nc2cc(Cl)ccc2C)[nH]c2ccccc2c1=O. The van der Waals surface area contributed by atoms with Gasteiger partial charge in [-0.2, -0.15) is 0 Å². The molecule has 1 aromatic heterocycles. The minimum absolute atomic E-state index is 0.00969. The molecule has 3 rings (SSSR count). The van der Waals surface area contributed by atoms with Gasteiger partial charge in [0.25, 0.3) is 0 Å². The van der Waals surface area contributed by atoms with Crippen LogP contribution in [0.1, 0.15) is 15.9 Å². The lowest BCUT2D eigenvalue weighted by Crippen LogP contribution is -2.20. The predicted octanol–water partition coefficient (Wildman–Crippen LogP) is 4.01. The van der Waals surface area contributed by atoms with E-state index in [9.17, 15) is 14.4 Å². The number of carbonyl (C=O) groups excluding carboxylic acids is 2. The highest BCUT2D eigenvalue weighted by Gasteiger charge is 2.21. The zero-order valence-electron chi connectivity index (χ0n) is 15.2. The summed E-state index contributed by atoms with van der Waals surface area (Å²) in [4.78, 5) is 40.3. The number of amides is 1. The maximum atomic E-state index is 12.7. The first-order valence-electron chi connectivity index (χ1n) is 8.33. The Kier molecular flexibility index (Phi) is 6.06. The van der Waals surface area contributed by atoms with Crippen LogP contribution in [0.25, 0.3) is 10.9 Å². The number of H-pyrrole nitrogens is 1. The zero-order chi connectivity index (χ0) is 20.3. The van der Waals surface area contributed by atoms with Crippen molar-refractivity contribution in [2.45, 2.75) is 11.9 Å². The molecule has 28 heavy (non-hydrogen) atoms. The molecule has 1 heterocycles. The van der Waals surface area contributed by atoms with Crippen molar-refractivity contribution in [3.8, 4) is 0 Å². The number of esters is 1. The lowest BCUT2D eigenvalue weighted by molar-refractivity contribution is -0.113. The highest BCUT2D eigenvalue weighted by Crippen LogP contribution is 2.24. The molecule has 0 saturated carbocycles. The van der Waals surface area contributed by atoms with Crippen LogP contribution < -0.4 is 10.7 Å². The molecule has 0 bridgehead atoms. The number of aromatic nitrogens is 1. The third-order valence-electron chi connectivity index (χ3n) is 4.08. The van der Waals surface area contributed by atoms with Crippen LogP contribution in [0.5, 0.6) is 0 Å². The molecule has 144 valence electrons. The Morgan fingerprint density at radius 1 is 1.21 bits per heavy atom.